The predicted octanol–water partition coefficient (Wildman–Crippen LogP) is 2.32. The summed E-state index contributed by atoms with van der Waals surface area (Å²) in [6.45, 7) is 0. The van der Waals surface area contributed by atoms with E-state index in [9.17, 15) is 10.1 Å². The molecule has 1 atom stereocenters. The summed E-state index contributed by atoms with van der Waals surface area (Å²) in [5.41, 5.74) is 0.745. The highest BCUT2D eigenvalue weighted by Gasteiger charge is 2.19. The second kappa shape index (κ2) is 4.11. The molecule has 0 bridgehead atoms. The van der Waals surface area contributed by atoms with Crippen LogP contribution in [0.4, 0.5) is 0 Å². The smallest absolute Gasteiger partial charge is 0.263 e. The average molecular weight is 183 g/mol. The number of benzene rings is 1. The number of nitrogens with zero attached hydrogens (tertiary/aromatic N) is 1. The molecule has 0 aliphatic rings. The fraction of sp³-hybridized carbons (Fsp3) is 0.250. The normalized spacial score (nSPS) is 12.4. The Kier molecular flexibility index (Phi) is 3.10. The van der Waals surface area contributed by atoms with Gasteiger partial charge in [-0.1, -0.05) is 42.1 Å². The molecule has 0 fully saturated rings. The van der Waals surface area contributed by atoms with Gasteiger partial charge in [0.25, 0.3) is 5.37 Å². The van der Waals surface area contributed by atoms with Gasteiger partial charge in [-0.3, -0.25) is 10.1 Å². The Bertz CT molecular complexity index is 263. The first-order valence-electron chi connectivity index (χ1n) is 3.47. The van der Waals surface area contributed by atoms with E-state index in [-0.39, 0.29) is 4.92 Å². The molecule has 12 heavy (non-hydrogen) atoms. The third-order valence-corrected chi connectivity index (χ3v) is 2.39. The van der Waals surface area contributed by atoms with E-state index in [4.69, 9.17) is 0 Å². The number of hydrogen-bond acceptors (Lipinski definition) is 3. The molecule has 1 rings (SSSR count). The lowest BCUT2D eigenvalue weighted by Crippen LogP contribution is -2.05. The molecule has 3 nitrogen and oxygen atoms in total. The van der Waals surface area contributed by atoms with E-state index in [1.807, 2.05) is 18.2 Å². The van der Waals surface area contributed by atoms with Crippen molar-refractivity contribution in [2.75, 3.05) is 6.26 Å². The SMILES string of the molecule is CSC(c1ccccc1)[N+](=O)[O-]. The fourth-order valence-corrected chi connectivity index (χ4v) is 1.56. The Labute approximate surface area is 74.9 Å². The Hall–Kier alpha value is -1.03. The zero-order valence-electron chi connectivity index (χ0n) is 6.64. The van der Waals surface area contributed by atoms with Crippen LogP contribution in [0.3, 0.4) is 0 Å². The van der Waals surface area contributed by atoms with Crippen molar-refractivity contribution in [3.8, 4) is 0 Å². The Morgan fingerprint density at radius 1 is 1.42 bits per heavy atom. The zero-order chi connectivity index (χ0) is 8.97. The maximum Gasteiger partial charge on any atom is 0.283 e. The van der Waals surface area contributed by atoms with Crippen molar-refractivity contribution in [2.24, 2.45) is 0 Å². The van der Waals surface area contributed by atoms with E-state index in [1.165, 1.54) is 11.8 Å². The number of nitro groups is 1. The van der Waals surface area contributed by atoms with Gasteiger partial charge < -0.3 is 0 Å². The molecule has 0 heterocycles. The van der Waals surface area contributed by atoms with Gasteiger partial charge in [-0.25, -0.2) is 0 Å². The molecular weight excluding hydrogens is 174 g/mol. The second-order valence-corrected chi connectivity index (χ2v) is 3.20. The molecule has 0 aromatic heterocycles. The van der Waals surface area contributed by atoms with E-state index >= 15 is 0 Å². The molecule has 64 valence electrons. The summed E-state index contributed by atoms with van der Waals surface area (Å²) in [5.74, 6) is 0. The fourth-order valence-electron chi connectivity index (χ4n) is 0.962. The van der Waals surface area contributed by atoms with Crippen LogP contribution in [-0.4, -0.2) is 11.2 Å². The Morgan fingerprint density at radius 3 is 2.42 bits per heavy atom. The van der Waals surface area contributed by atoms with Gasteiger partial charge in [0.2, 0.25) is 0 Å². The number of hydrogen-bond donors (Lipinski definition) is 0. The van der Waals surface area contributed by atoms with E-state index in [1.54, 1.807) is 18.4 Å². The van der Waals surface area contributed by atoms with Crippen LogP contribution in [0.2, 0.25) is 0 Å². The van der Waals surface area contributed by atoms with Crippen molar-refractivity contribution in [1.82, 2.24) is 0 Å². The molecule has 0 saturated carbocycles. The summed E-state index contributed by atoms with van der Waals surface area (Å²) in [7, 11) is 0. The van der Waals surface area contributed by atoms with Gasteiger partial charge in [-0.05, 0) is 6.26 Å². The predicted molar refractivity (Wildman–Crippen MR) is 49.7 cm³/mol. The van der Waals surface area contributed by atoms with Gasteiger partial charge in [0, 0.05) is 10.5 Å². The van der Waals surface area contributed by atoms with Crippen LogP contribution in [0.15, 0.2) is 30.3 Å². The molecule has 0 amide bonds. The van der Waals surface area contributed by atoms with Crippen LogP contribution in [-0.2, 0) is 0 Å². The van der Waals surface area contributed by atoms with Gasteiger partial charge in [-0.2, -0.15) is 0 Å². The minimum atomic E-state index is -0.633. The second-order valence-electron chi connectivity index (χ2n) is 2.28. The summed E-state index contributed by atoms with van der Waals surface area (Å²) < 4.78 is 0. The monoisotopic (exact) mass is 183 g/mol. The molecule has 0 saturated heterocycles. The van der Waals surface area contributed by atoms with E-state index in [0.717, 1.165) is 5.56 Å². The molecule has 1 unspecified atom stereocenters. The van der Waals surface area contributed by atoms with Crippen LogP contribution in [0.5, 0.6) is 0 Å². The molecule has 0 radical (unpaired) electrons. The molecule has 0 N–H and O–H groups in total. The van der Waals surface area contributed by atoms with E-state index < -0.39 is 5.37 Å². The Morgan fingerprint density at radius 2 is 2.00 bits per heavy atom. The molecule has 0 aliphatic carbocycles. The summed E-state index contributed by atoms with van der Waals surface area (Å²) in [4.78, 5) is 10.2. The van der Waals surface area contributed by atoms with Crippen molar-refractivity contribution in [2.45, 2.75) is 5.37 Å². The summed E-state index contributed by atoms with van der Waals surface area (Å²) in [5, 5.41) is 9.88. The highest BCUT2D eigenvalue weighted by Crippen LogP contribution is 2.26. The Balaban J connectivity index is 2.88. The van der Waals surface area contributed by atoms with Crippen LogP contribution in [0, 0.1) is 10.1 Å². The molecule has 0 spiro atoms. The molecular formula is C8H9NO2S. The number of rotatable bonds is 3. The number of thioether (sulfide) groups is 1. The van der Waals surface area contributed by atoms with Crippen LogP contribution in [0.25, 0.3) is 0 Å². The quantitative estimate of drug-likeness (QED) is 0.410. The van der Waals surface area contributed by atoms with Crippen molar-refractivity contribution in [3.63, 3.8) is 0 Å². The lowest BCUT2D eigenvalue weighted by atomic mass is 10.2. The van der Waals surface area contributed by atoms with Crippen LogP contribution >= 0.6 is 11.8 Å². The highest BCUT2D eigenvalue weighted by molar-refractivity contribution is 7.98. The first-order chi connectivity index (χ1) is 5.75. The standard InChI is InChI=1S/C8H9NO2S/c1-12-8(9(10)11)7-5-3-2-4-6-7/h2-6,8H,1H3. The van der Waals surface area contributed by atoms with Gasteiger partial charge >= 0.3 is 0 Å². The van der Waals surface area contributed by atoms with E-state index in [2.05, 4.69) is 0 Å². The summed E-state index contributed by atoms with van der Waals surface area (Å²) in [6, 6.07) is 9.00. The van der Waals surface area contributed by atoms with Gasteiger partial charge in [0.15, 0.2) is 0 Å². The lowest BCUT2D eigenvalue weighted by molar-refractivity contribution is -0.500. The summed E-state index contributed by atoms with van der Waals surface area (Å²) >= 11 is 1.23. The third kappa shape index (κ3) is 1.98. The van der Waals surface area contributed by atoms with Gasteiger partial charge in [0.05, 0.1) is 0 Å². The van der Waals surface area contributed by atoms with Gasteiger partial charge in [-0.15, -0.1) is 0 Å². The van der Waals surface area contributed by atoms with E-state index in [0.29, 0.717) is 0 Å². The molecule has 1 aromatic rings. The van der Waals surface area contributed by atoms with Crippen molar-refractivity contribution < 1.29 is 4.92 Å². The first kappa shape index (κ1) is 9.06. The van der Waals surface area contributed by atoms with Gasteiger partial charge in [0.1, 0.15) is 0 Å². The van der Waals surface area contributed by atoms with Crippen molar-refractivity contribution in [3.05, 3.63) is 46.0 Å². The minimum Gasteiger partial charge on any atom is -0.263 e. The highest BCUT2D eigenvalue weighted by atomic mass is 32.2. The summed E-state index contributed by atoms with van der Waals surface area (Å²) in [6.07, 6.45) is 1.74. The zero-order valence-corrected chi connectivity index (χ0v) is 7.45. The molecule has 0 aliphatic heterocycles. The van der Waals surface area contributed by atoms with Crippen molar-refractivity contribution in [1.29, 1.82) is 0 Å². The maximum atomic E-state index is 10.5. The molecule has 4 heteroatoms. The first-order valence-corrected chi connectivity index (χ1v) is 4.75. The largest absolute Gasteiger partial charge is 0.283 e. The topological polar surface area (TPSA) is 43.1 Å². The van der Waals surface area contributed by atoms with Crippen LogP contribution < -0.4 is 0 Å². The lowest BCUT2D eigenvalue weighted by Gasteiger charge is -2.04. The minimum absolute atomic E-state index is 0.278. The maximum absolute atomic E-state index is 10.5. The van der Waals surface area contributed by atoms with Crippen LogP contribution in [0.1, 0.15) is 10.9 Å². The molecule has 1 aromatic carbocycles. The third-order valence-electron chi connectivity index (χ3n) is 1.50. The van der Waals surface area contributed by atoms with Crippen molar-refractivity contribution >= 4 is 11.8 Å². The average Bonchev–Trinajstić information content (AvgIpc) is 2.07.